The third-order valence-electron chi connectivity index (χ3n) is 2.54. The number of hydrogen-bond acceptors (Lipinski definition) is 2. The SMILES string of the molecule is NC(Cc1ccccc1Cl)c1ncccc1Br. The molecule has 2 aromatic rings. The number of nitrogens with two attached hydrogens (primary N) is 1. The number of hydrogen-bond donors (Lipinski definition) is 1. The molecule has 1 aromatic heterocycles. The molecule has 88 valence electrons. The third-order valence-corrected chi connectivity index (χ3v) is 3.58. The molecule has 0 aliphatic carbocycles. The average molecular weight is 312 g/mol. The summed E-state index contributed by atoms with van der Waals surface area (Å²) in [6.45, 7) is 0. The van der Waals surface area contributed by atoms with E-state index in [2.05, 4.69) is 20.9 Å². The van der Waals surface area contributed by atoms with Crippen LogP contribution in [0.25, 0.3) is 0 Å². The van der Waals surface area contributed by atoms with Crippen LogP contribution in [-0.2, 0) is 6.42 Å². The van der Waals surface area contributed by atoms with Crippen molar-refractivity contribution in [3.63, 3.8) is 0 Å². The molecule has 0 radical (unpaired) electrons. The van der Waals surface area contributed by atoms with E-state index in [-0.39, 0.29) is 6.04 Å². The summed E-state index contributed by atoms with van der Waals surface area (Å²) in [7, 11) is 0. The van der Waals surface area contributed by atoms with Gasteiger partial charge in [0.2, 0.25) is 0 Å². The fourth-order valence-electron chi connectivity index (χ4n) is 1.67. The van der Waals surface area contributed by atoms with Gasteiger partial charge in [-0.2, -0.15) is 0 Å². The lowest BCUT2D eigenvalue weighted by molar-refractivity contribution is 0.692. The van der Waals surface area contributed by atoms with Crippen LogP contribution in [0.3, 0.4) is 0 Å². The summed E-state index contributed by atoms with van der Waals surface area (Å²) in [6, 6.07) is 11.4. The molecule has 1 heterocycles. The molecule has 0 bridgehead atoms. The van der Waals surface area contributed by atoms with Crippen molar-refractivity contribution in [2.24, 2.45) is 5.73 Å². The van der Waals surface area contributed by atoms with Crippen LogP contribution in [0.1, 0.15) is 17.3 Å². The van der Waals surface area contributed by atoms with Crippen LogP contribution in [0.2, 0.25) is 5.02 Å². The molecule has 17 heavy (non-hydrogen) atoms. The van der Waals surface area contributed by atoms with Crippen LogP contribution >= 0.6 is 27.5 Å². The van der Waals surface area contributed by atoms with Crippen molar-refractivity contribution in [3.05, 3.63) is 63.3 Å². The van der Waals surface area contributed by atoms with Gasteiger partial charge < -0.3 is 5.73 Å². The molecule has 1 unspecified atom stereocenters. The lowest BCUT2D eigenvalue weighted by atomic mass is 10.0. The molecule has 0 amide bonds. The van der Waals surface area contributed by atoms with Crippen LogP contribution in [0.4, 0.5) is 0 Å². The van der Waals surface area contributed by atoms with Gasteiger partial charge in [-0.3, -0.25) is 4.98 Å². The summed E-state index contributed by atoms with van der Waals surface area (Å²) in [5.41, 5.74) is 8.04. The molecule has 1 aromatic carbocycles. The molecular formula is C13H12BrClN2. The van der Waals surface area contributed by atoms with Crippen molar-refractivity contribution in [1.82, 2.24) is 4.98 Å². The van der Waals surface area contributed by atoms with Crippen molar-refractivity contribution in [3.8, 4) is 0 Å². The predicted octanol–water partition coefficient (Wildman–Crippen LogP) is 3.74. The Labute approximate surface area is 114 Å². The quantitative estimate of drug-likeness (QED) is 0.938. The van der Waals surface area contributed by atoms with E-state index in [1.807, 2.05) is 36.4 Å². The van der Waals surface area contributed by atoms with Crippen molar-refractivity contribution in [1.29, 1.82) is 0 Å². The minimum atomic E-state index is -0.162. The zero-order valence-corrected chi connectivity index (χ0v) is 11.4. The topological polar surface area (TPSA) is 38.9 Å². The van der Waals surface area contributed by atoms with Crippen molar-refractivity contribution in [2.75, 3.05) is 0 Å². The van der Waals surface area contributed by atoms with E-state index in [0.717, 1.165) is 20.8 Å². The molecule has 0 aliphatic heterocycles. The summed E-state index contributed by atoms with van der Waals surface area (Å²) in [5, 5.41) is 0.745. The summed E-state index contributed by atoms with van der Waals surface area (Å²) in [6.07, 6.45) is 2.42. The van der Waals surface area contributed by atoms with Gasteiger partial charge in [-0.1, -0.05) is 29.8 Å². The maximum Gasteiger partial charge on any atom is 0.0716 e. The monoisotopic (exact) mass is 310 g/mol. The third kappa shape index (κ3) is 3.06. The zero-order chi connectivity index (χ0) is 12.3. The van der Waals surface area contributed by atoms with Gasteiger partial charge in [-0.05, 0) is 46.1 Å². The van der Waals surface area contributed by atoms with Crippen LogP contribution in [0, 0.1) is 0 Å². The van der Waals surface area contributed by atoms with Crippen LogP contribution in [0.5, 0.6) is 0 Å². The lowest BCUT2D eigenvalue weighted by Crippen LogP contribution is -2.15. The summed E-state index contributed by atoms with van der Waals surface area (Å²) in [5.74, 6) is 0. The van der Waals surface area contributed by atoms with E-state index in [4.69, 9.17) is 17.3 Å². The van der Waals surface area contributed by atoms with E-state index < -0.39 is 0 Å². The van der Waals surface area contributed by atoms with Gasteiger partial charge in [0.1, 0.15) is 0 Å². The molecule has 1 atom stereocenters. The Kier molecular flexibility index (Phi) is 4.15. The second-order valence-electron chi connectivity index (χ2n) is 3.77. The molecule has 2 nitrogen and oxygen atoms in total. The minimum Gasteiger partial charge on any atom is -0.322 e. The molecule has 0 fully saturated rings. The highest BCUT2D eigenvalue weighted by Crippen LogP contribution is 2.24. The Balaban J connectivity index is 2.20. The van der Waals surface area contributed by atoms with Crippen molar-refractivity contribution >= 4 is 27.5 Å². The Morgan fingerprint density at radius 1 is 1.24 bits per heavy atom. The highest BCUT2D eigenvalue weighted by molar-refractivity contribution is 9.10. The van der Waals surface area contributed by atoms with Gasteiger partial charge in [0.15, 0.2) is 0 Å². The number of benzene rings is 1. The Morgan fingerprint density at radius 3 is 2.71 bits per heavy atom. The molecule has 0 aliphatic rings. The zero-order valence-electron chi connectivity index (χ0n) is 9.11. The fourth-order valence-corrected chi connectivity index (χ4v) is 2.43. The molecule has 2 N–H and O–H groups in total. The van der Waals surface area contributed by atoms with Crippen molar-refractivity contribution in [2.45, 2.75) is 12.5 Å². The summed E-state index contributed by atoms with van der Waals surface area (Å²) in [4.78, 5) is 4.29. The smallest absolute Gasteiger partial charge is 0.0716 e. The van der Waals surface area contributed by atoms with E-state index in [1.54, 1.807) is 6.20 Å². The number of nitrogens with zero attached hydrogens (tertiary/aromatic N) is 1. The van der Waals surface area contributed by atoms with Crippen LogP contribution in [0.15, 0.2) is 47.1 Å². The standard InChI is InChI=1S/C13H12BrClN2/c14-10-5-3-7-17-13(10)12(16)8-9-4-1-2-6-11(9)15/h1-7,12H,8,16H2. The first-order valence-corrected chi connectivity index (χ1v) is 6.45. The molecule has 2 rings (SSSR count). The minimum absolute atomic E-state index is 0.162. The highest BCUT2D eigenvalue weighted by atomic mass is 79.9. The number of rotatable bonds is 3. The van der Waals surface area contributed by atoms with E-state index >= 15 is 0 Å². The second kappa shape index (κ2) is 5.63. The normalized spacial score (nSPS) is 12.4. The summed E-state index contributed by atoms with van der Waals surface area (Å²) < 4.78 is 0.930. The first kappa shape index (κ1) is 12.6. The highest BCUT2D eigenvalue weighted by Gasteiger charge is 2.13. The van der Waals surface area contributed by atoms with E-state index in [9.17, 15) is 0 Å². The number of pyridine rings is 1. The molecule has 0 saturated carbocycles. The maximum atomic E-state index is 6.15. The second-order valence-corrected chi connectivity index (χ2v) is 5.03. The molecule has 0 saturated heterocycles. The van der Waals surface area contributed by atoms with Gasteiger partial charge in [-0.25, -0.2) is 0 Å². The predicted molar refractivity (Wildman–Crippen MR) is 74.0 cm³/mol. The van der Waals surface area contributed by atoms with Gasteiger partial charge in [-0.15, -0.1) is 0 Å². The van der Waals surface area contributed by atoms with Gasteiger partial charge in [0.25, 0.3) is 0 Å². The maximum absolute atomic E-state index is 6.15. The first-order valence-electron chi connectivity index (χ1n) is 5.28. The lowest BCUT2D eigenvalue weighted by Gasteiger charge is -2.13. The molecule has 0 spiro atoms. The Morgan fingerprint density at radius 2 is 2.00 bits per heavy atom. The Hall–Kier alpha value is -0.900. The Bertz CT molecular complexity index is 516. The van der Waals surface area contributed by atoms with Gasteiger partial charge in [0, 0.05) is 15.7 Å². The van der Waals surface area contributed by atoms with Crippen LogP contribution < -0.4 is 5.73 Å². The molecular weight excluding hydrogens is 300 g/mol. The largest absolute Gasteiger partial charge is 0.322 e. The number of halogens is 2. The first-order chi connectivity index (χ1) is 8.18. The fraction of sp³-hybridized carbons (Fsp3) is 0.154. The van der Waals surface area contributed by atoms with E-state index in [0.29, 0.717) is 6.42 Å². The average Bonchev–Trinajstić information content (AvgIpc) is 2.32. The number of aromatic nitrogens is 1. The molecule has 4 heteroatoms. The van der Waals surface area contributed by atoms with Gasteiger partial charge in [0.05, 0.1) is 11.7 Å². The summed E-state index contributed by atoms with van der Waals surface area (Å²) >= 11 is 9.56. The van der Waals surface area contributed by atoms with Crippen LogP contribution in [-0.4, -0.2) is 4.98 Å². The van der Waals surface area contributed by atoms with E-state index in [1.165, 1.54) is 0 Å². The van der Waals surface area contributed by atoms with Crippen molar-refractivity contribution < 1.29 is 0 Å². The van der Waals surface area contributed by atoms with Gasteiger partial charge >= 0.3 is 0 Å².